The zero-order chi connectivity index (χ0) is 31.8. The number of H-pyrrole nitrogens is 1. The minimum atomic E-state index is -4.76. The summed E-state index contributed by atoms with van der Waals surface area (Å²) >= 11 is 0. The minimum absolute atomic E-state index is 0.226. The summed E-state index contributed by atoms with van der Waals surface area (Å²) in [6, 6.07) is 5.71. The summed E-state index contributed by atoms with van der Waals surface area (Å²) in [5.74, 6) is -1.02. The Labute approximate surface area is 256 Å². The molecular formula is C30H32F3N9O3. The Balaban J connectivity index is 1.09. The second-order valence-electron chi connectivity index (χ2n) is 11.8. The van der Waals surface area contributed by atoms with E-state index in [0.29, 0.717) is 38.4 Å². The quantitative estimate of drug-likeness (QED) is 0.253. The van der Waals surface area contributed by atoms with Crippen molar-refractivity contribution in [3.05, 3.63) is 54.4 Å². The van der Waals surface area contributed by atoms with Crippen molar-refractivity contribution in [2.75, 3.05) is 19.7 Å². The number of aromatic amines is 1. The van der Waals surface area contributed by atoms with E-state index in [-0.39, 0.29) is 30.2 Å². The van der Waals surface area contributed by atoms with Crippen molar-refractivity contribution in [1.29, 1.82) is 5.26 Å². The summed E-state index contributed by atoms with van der Waals surface area (Å²) < 4.78 is 48.4. The lowest BCUT2D eigenvalue weighted by molar-refractivity contribution is -0.141. The number of aliphatic hydroxyl groups excluding tert-OH is 1. The summed E-state index contributed by atoms with van der Waals surface area (Å²) in [5, 5.41) is 26.8. The molecule has 236 valence electrons. The number of nitriles is 1. The van der Waals surface area contributed by atoms with E-state index in [1.807, 2.05) is 16.9 Å². The zero-order valence-corrected chi connectivity index (χ0v) is 24.5. The van der Waals surface area contributed by atoms with Crippen molar-refractivity contribution in [1.82, 2.24) is 39.9 Å². The van der Waals surface area contributed by atoms with Gasteiger partial charge in [-0.15, -0.1) is 0 Å². The normalized spacial score (nSPS) is 20.7. The number of carbonyl (C=O) groups excluding carboxylic acids is 1. The van der Waals surface area contributed by atoms with E-state index in [0.717, 1.165) is 35.1 Å². The van der Waals surface area contributed by atoms with Gasteiger partial charge in [-0.05, 0) is 44.7 Å². The molecule has 1 aliphatic heterocycles. The van der Waals surface area contributed by atoms with Gasteiger partial charge >= 0.3 is 6.18 Å². The van der Waals surface area contributed by atoms with Crippen molar-refractivity contribution >= 4 is 16.9 Å². The van der Waals surface area contributed by atoms with Crippen LogP contribution in [0.4, 0.5) is 13.2 Å². The second-order valence-corrected chi connectivity index (χ2v) is 11.8. The molecule has 0 bridgehead atoms. The van der Waals surface area contributed by atoms with E-state index in [4.69, 9.17) is 4.74 Å². The SMILES string of the molecule is C[C@H](CO)NC(=O)c1cc(O[C@H]2CC[C@@H](N3CC(CC#N)(n4cc(-c5ncnc6[nH]ccc56)cn4)C3)CC2)nc(C(F)(F)F)c1. The highest BCUT2D eigenvalue weighted by Gasteiger charge is 2.48. The first kappa shape index (κ1) is 30.5. The number of hydrogen-bond donors (Lipinski definition) is 3. The smallest absolute Gasteiger partial charge is 0.433 e. The van der Waals surface area contributed by atoms with Crippen molar-refractivity contribution < 1.29 is 27.8 Å². The van der Waals surface area contributed by atoms with Crippen LogP contribution in [0, 0.1) is 11.3 Å². The Hall–Kier alpha value is -4.55. The van der Waals surface area contributed by atoms with Gasteiger partial charge in [0.05, 0.1) is 31.0 Å². The summed E-state index contributed by atoms with van der Waals surface area (Å²) in [6.45, 7) is 2.46. The molecule has 1 atom stereocenters. The van der Waals surface area contributed by atoms with Gasteiger partial charge in [-0.25, -0.2) is 15.0 Å². The summed E-state index contributed by atoms with van der Waals surface area (Å²) in [6.07, 6.45) is 4.86. The molecule has 0 unspecified atom stereocenters. The van der Waals surface area contributed by atoms with Crippen LogP contribution in [0.1, 0.15) is 55.1 Å². The van der Waals surface area contributed by atoms with Crippen molar-refractivity contribution in [2.45, 2.75) is 68.9 Å². The number of aliphatic hydroxyl groups is 1. The van der Waals surface area contributed by atoms with Crippen LogP contribution in [0.25, 0.3) is 22.3 Å². The van der Waals surface area contributed by atoms with Gasteiger partial charge in [-0.3, -0.25) is 14.4 Å². The Morgan fingerprint density at radius 2 is 2.04 bits per heavy atom. The lowest BCUT2D eigenvalue weighted by Crippen LogP contribution is -2.65. The number of aromatic nitrogens is 6. The third-order valence-corrected chi connectivity index (χ3v) is 8.55. The van der Waals surface area contributed by atoms with Crippen LogP contribution in [-0.4, -0.2) is 83.5 Å². The molecule has 6 rings (SSSR count). The Morgan fingerprint density at radius 3 is 2.76 bits per heavy atom. The number of fused-ring (bicyclic) bond motifs is 1. The number of nitrogens with zero attached hydrogens (tertiary/aromatic N) is 7. The predicted octanol–water partition coefficient (Wildman–Crippen LogP) is 3.66. The molecule has 0 spiro atoms. The van der Waals surface area contributed by atoms with Gasteiger partial charge in [0.2, 0.25) is 5.88 Å². The molecule has 1 amide bonds. The molecule has 0 radical (unpaired) electrons. The predicted molar refractivity (Wildman–Crippen MR) is 155 cm³/mol. The number of likely N-dealkylation sites (tertiary alicyclic amines) is 1. The number of alkyl halides is 3. The molecular weight excluding hydrogens is 591 g/mol. The van der Waals surface area contributed by atoms with Gasteiger partial charge in [0.15, 0.2) is 0 Å². The first-order chi connectivity index (χ1) is 21.6. The molecule has 1 saturated heterocycles. The van der Waals surface area contributed by atoms with Gasteiger partial charge < -0.3 is 20.1 Å². The maximum atomic E-state index is 13.6. The van der Waals surface area contributed by atoms with Crippen molar-refractivity contribution in [3.63, 3.8) is 0 Å². The number of amides is 1. The molecule has 1 aliphatic carbocycles. The molecule has 3 N–H and O–H groups in total. The third kappa shape index (κ3) is 6.20. The number of rotatable bonds is 9. The summed E-state index contributed by atoms with van der Waals surface area (Å²) in [5.41, 5.74) is 0.394. The number of nitrogens with one attached hydrogen (secondary N) is 2. The van der Waals surface area contributed by atoms with Crippen LogP contribution in [0.5, 0.6) is 5.88 Å². The topological polar surface area (TPSA) is 158 Å². The highest BCUT2D eigenvalue weighted by Crippen LogP contribution is 2.39. The number of pyridine rings is 1. The van der Waals surface area contributed by atoms with Gasteiger partial charge in [0.25, 0.3) is 5.91 Å². The van der Waals surface area contributed by atoms with Crippen LogP contribution in [-0.2, 0) is 11.7 Å². The van der Waals surface area contributed by atoms with Crippen LogP contribution in [0.2, 0.25) is 0 Å². The monoisotopic (exact) mass is 623 g/mol. The number of carbonyl (C=O) groups is 1. The number of ether oxygens (including phenoxy) is 1. The average molecular weight is 624 g/mol. The second kappa shape index (κ2) is 12.1. The molecule has 4 aromatic rings. The molecule has 2 aliphatic rings. The zero-order valence-electron chi connectivity index (χ0n) is 24.5. The standard InChI is InChI=1S/C30H32F3N9O3/c1-18(14-43)39-28(44)19-10-24(30(31,32)33)40-25(11-19)45-22-4-2-21(3-5-22)41-15-29(16-41,7-8-34)42-13-20(12-38-42)26-23-6-9-35-27(23)37-17-36-26/h6,9-13,17-18,21-22,43H,2-5,7,14-16H2,1H3,(H,39,44)(H,35,36,37)/t18-,21-,22+/m1/s1. The first-order valence-corrected chi connectivity index (χ1v) is 14.7. The first-order valence-electron chi connectivity index (χ1n) is 14.7. The number of hydrogen-bond acceptors (Lipinski definition) is 9. The fraction of sp³-hybridized carbons (Fsp3) is 0.467. The largest absolute Gasteiger partial charge is 0.474 e. The maximum absolute atomic E-state index is 13.6. The molecule has 1 saturated carbocycles. The Kier molecular flexibility index (Phi) is 8.19. The van der Waals surface area contributed by atoms with Gasteiger partial charge in [0, 0.05) is 60.1 Å². The molecule has 45 heavy (non-hydrogen) atoms. The van der Waals surface area contributed by atoms with Gasteiger partial charge in [-0.2, -0.15) is 23.5 Å². The van der Waals surface area contributed by atoms with E-state index in [1.165, 1.54) is 19.3 Å². The Bertz CT molecular complexity index is 1720. The van der Waals surface area contributed by atoms with Crippen LogP contribution in [0.15, 0.2) is 43.1 Å². The fourth-order valence-electron chi connectivity index (χ4n) is 6.15. The lowest BCUT2D eigenvalue weighted by atomic mass is 9.82. The van der Waals surface area contributed by atoms with Crippen molar-refractivity contribution in [2.24, 2.45) is 0 Å². The van der Waals surface area contributed by atoms with Gasteiger partial charge in [-0.1, -0.05) is 0 Å². The minimum Gasteiger partial charge on any atom is -0.474 e. The van der Waals surface area contributed by atoms with E-state index in [1.54, 1.807) is 12.4 Å². The van der Waals surface area contributed by atoms with E-state index < -0.39 is 29.4 Å². The average Bonchev–Trinajstić information content (AvgIpc) is 3.69. The van der Waals surface area contributed by atoms with Crippen LogP contribution in [0.3, 0.4) is 0 Å². The Morgan fingerprint density at radius 1 is 1.27 bits per heavy atom. The van der Waals surface area contributed by atoms with Crippen LogP contribution >= 0.6 is 0 Å². The molecule has 15 heteroatoms. The van der Waals surface area contributed by atoms with E-state index in [9.17, 15) is 28.3 Å². The summed E-state index contributed by atoms with van der Waals surface area (Å²) in [4.78, 5) is 30.2. The third-order valence-electron chi connectivity index (χ3n) is 8.55. The molecule has 0 aromatic carbocycles. The molecule has 5 heterocycles. The molecule has 2 fully saturated rings. The van der Waals surface area contributed by atoms with Gasteiger partial charge in [0.1, 0.15) is 29.3 Å². The van der Waals surface area contributed by atoms with Crippen molar-refractivity contribution in [3.8, 4) is 23.2 Å². The summed E-state index contributed by atoms with van der Waals surface area (Å²) in [7, 11) is 0. The van der Waals surface area contributed by atoms with E-state index >= 15 is 0 Å². The lowest BCUT2D eigenvalue weighted by Gasteiger charge is -2.53. The number of halogens is 3. The highest BCUT2D eigenvalue weighted by molar-refractivity contribution is 5.94. The van der Waals surface area contributed by atoms with E-state index in [2.05, 4.69) is 41.3 Å². The molecule has 4 aromatic heterocycles. The maximum Gasteiger partial charge on any atom is 0.433 e. The molecule has 12 nitrogen and oxygen atoms in total. The van der Waals surface area contributed by atoms with Crippen LogP contribution < -0.4 is 10.1 Å². The fourth-order valence-corrected chi connectivity index (χ4v) is 6.15. The highest BCUT2D eigenvalue weighted by atomic mass is 19.4.